The minimum Gasteiger partial charge on any atom is -0.379 e. The quantitative estimate of drug-likeness (QED) is 0.512. The Kier molecular flexibility index (Phi) is 6.47. The molecule has 2 unspecified atom stereocenters. The molecule has 1 nitrogen and oxygen atoms in total. The van der Waals surface area contributed by atoms with E-state index in [0.29, 0.717) is 6.61 Å². The van der Waals surface area contributed by atoms with Crippen LogP contribution in [-0.2, 0) is 4.74 Å². The first-order chi connectivity index (χ1) is 11.0. The second-order valence-electron chi connectivity index (χ2n) is 6.33. The molecule has 0 amide bonds. The highest BCUT2D eigenvalue weighted by Gasteiger charge is 2.42. The number of alkyl halides is 3. The van der Waals surface area contributed by atoms with E-state index in [2.05, 4.69) is 18.7 Å². The van der Waals surface area contributed by atoms with E-state index in [1.54, 1.807) is 0 Å². The molecule has 5 heteroatoms. The molecule has 2 rings (SSSR count). The van der Waals surface area contributed by atoms with Crippen molar-refractivity contribution in [3.63, 3.8) is 0 Å². The summed E-state index contributed by atoms with van der Waals surface area (Å²) in [6, 6.07) is 10.3. The lowest BCUT2D eigenvalue weighted by Gasteiger charge is -2.44. The highest BCUT2D eigenvalue weighted by atomic mass is 28.2. The van der Waals surface area contributed by atoms with Crippen LogP contribution in [0.5, 0.6) is 0 Å². The molecule has 1 aromatic carbocycles. The van der Waals surface area contributed by atoms with Crippen LogP contribution in [-0.4, -0.2) is 27.5 Å². The molecular weight excluding hydrogens is 317 g/mol. The summed E-state index contributed by atoms with van der Waals surface area (Å²) in [5.41, 5.74) is 1.16. The largest absolute Gasteiger partial charge is 0.388 e. The molecule has 1 aliphatic heterocycles. The van der Waals surface area contributed by atoms with Crippen LogP contribution < -0.4 is 0 Å². The number of rotatable bonds is 7. The molecule has 0 N–H and O–H groups in total. The van der Waals surface area contributed by atoms with E-state index in [4.69, 9.17) is 4.74 Å². The van der Waals surface area contributed by atoms with E-state index in [1.165, 1.54) is 0 Å². The molecule has 0 aliphatic carbocycles. The summed E-state index contributed by atoms with van der Waals surface area (Å²) >= 11 is 0. The van der Waals surface area contributed by atoms with Crippen LogP contribution in [0, 0.1) is 0 Å². The summed E-state index contributed by atoms with van der Waals surface area (Å²) in [5.74, 6) is 0.126. The average molecular weight is 342 g/mol. The van der Waals surface area contributed by atoms with Crippen molar-refractivity contribution < 1.29 is 17.9 Å². The van der Waals surface area contributed by atoms with Crippen molar-refractivity contribution >= 4 is 9.52 Å². The molecule has 23 heavy (non-hydrogen) atoms. The van der Waals surface area contributed by atoms with Gasteiger partial charge in [0.15, 0.2) is 0 Å². The normalized spacial score (nSPS) is 24.0. The van der Waals surface area contributed by atoms with E-state index >= 15 is 0 Å². The zero-order valence-corrected chi connectivity index (χ0v) is 14.9. The van der Waals surface area contributed by atoms with Gasteiger partial charge in [0.1, 0.15) is 0 Å². The first-order valence-electron chi connectivity index (χ1n) is 8.33. The number of hydrogen-bond donors (Lipinski definition) is 0. The molecule has 0 spiro atoms. The van der Waals surface area contributed by atoms with E-state index < -0.39 is 22.1 Å². The molecule has 2 atom stereocenters. The maximum absolute atomic E-state index is 12.6. The number of halogens is 3. The molecule has 1 heterocycles. The van der Waals surface area contributed by atoms with Gasteiger partial charge >= 0.3 is 6.18 Å². The Balaban J connectivity index is 2.21. The van der Waals surface area contributed by atoms with E-state index in [0.717, 1.165) is 31.2 Å². The van der Waals surface area contributed by atoms with Gasteiger partial charge in [-0.15, -0.1) is 6.58 Å². The van der Waals surface area contributed by atoms with Crippen LogP contribution >= 0.6 is 0 Å². The monoisotopic (exact) mass is 342 g/mol. The lowest BCUT2D eigenvalue weighted by Crippen LogP contribution is -2.47. The van der Waals surface area contributed by atoms with Crippen molar-refractivity contribution in [3.05, 3.63) is 48.6 Å². The summed E-state index contributed by atoms with van der Waals surface area (Å²) in [7, 11) is -1.02. The topological polar surface area (TPSA) is 9.23 Å². The fraction of sp³-hybridized carbons (Fsp3) is 0.556. The Morgan fingerprint density at radius 3 is 2.57 bits per heavy atom. The number of allylic oxidation sites excluding steroid dienone is 1. The Morgan fingerprint density at radius 2 is 2.00 bits per heavy atom. The number of benzene rings is 1. The van der Waals surface area contributed by atoms with Gasteiger partial charge in [0.05, 0.1) is 14.7 Å². The molecule has 128 valence electrons. The third-order valence-electron chi connectivity index (χ3n) is 4.68. The molecule has 1 aromatic rings. The Morgan fingerprint density at radius 1 is 1.26 bits per heavy atom. The number of ether oxygens (including phenoxy) is 1. The molecule has 1 aliphatic rings. The van der Waals surface area contributed by atoms with Gasteiger partial charge in [-0.2, -0.15) is 13.2 Å². The van der Waals surface area contributed by atoms with Gasteiger partial charge in [-0.05, 0) is 31.2 Å². The molecule has 0 aromatic heterocycles. The molecule has 0 radical (unpaired) electrons. The summed E-state index contributed by atoms with van der Waals surface area (Å²) in [6.45, 7) is 4.52. The minimum absolute atomic E-state index is 0.126. The van der Waals surface area contributed by atoms with Crippen molar-refractivity contribution in [1.82, 2.24) is 0 Å². The maximum Gasteiger partial charge on any atom is 0.388 e. The highest BCUT2D eigenvalue weighted by molar-refractivity contribution is 6.40. The zero-order chi connectivity index (χ0) is 16.8. The smallest absolute Gasteiger partial charge is 0.379 e. The maximum atomic E-state index is 12.6. The lowest BCUT2D eigenvalue weighted by atomic mass is 9.86. The second-order valence-corrected chi connectivity index (χ2v) is 8.73. The van der Waals surface area contributed by atoms with Crippen LogP contribution in [0.4, 0.5) is 13.2 Å². The third-order valence-corrected chi connectivity index (χ3v) is 7.29. The fourth-order valence-corrected chi connectivity index (χ4v) is 6.33. The highest BCUT2D eigenvalue weighted by Crippen LogP contribution is 2.41. The van der Waals surface area contributed by atoms with Crippen LogP contribution in [0.2, 0.25) is 6.04 Å². The van der Waals surface area contributed by atoms with Crippen LogP contribution in [0.1, 0.15) is 43.6 Å². The predicted octanol–water partition coefficient (Wildman–Crippen LogP) is 4.78. The van der Waals surface area contributed by atoms with Gasteiger partial charge < -0.3 is 4.74 Å². The first-order valence-corrected chi connectivity index (χ1v) is 10.0. The van der Waals surface area contributed by atoms with Crippen molar-refractivity contribution in [2.24, 2.45) is 0 Å². The molecule has 0 bridgehead atoms. The lowest BCUT2D eigenvalue weighted by molar-refractivity contribution is -0.131. The summed E-state index contributed by atoms with van der Waals surface area (Å²) in [5, 5.41) is -0.362. The van der Waals surface area contributed by atoms with Crippen LogP contribution in [0.15, 0.2) is 43.0 Å². The van der Waals surface area contributed by atoms with E-state index in [-0.39, 0.29) is 17.2 Å². The average Bonchev–Trinajstić information content (AvgIpc) is 2.53. The second kappa shape index (κ2) is 8.15. The summed E-state index contributed by atoms with van der Waals surface area (Å²) in [4.78, 5) is 0. The van der Waals surface area contributed by atoms with Gasteiger partial charge in [0.25, 0.3) is 0 Å². The van der Waals surface area contributed by atoms with Crippen LogP contribution in [0.25, 0.3) is 0 Å². The van der Waals surface area contributed by atoms with Crippen LogP contribution in [0.3, 0.4) is 0 Å². The third kappa shape index (κ3) is 5.21. The van der Waals surface area contributed by atoms with Crippen molar-refractivity contribution in [3.8, 4) is 0 Å². The van der Waals surface area contributed by atoms with Gasteiger partial charge in [0, 0.05) is 18.9 Å². The van der Waals surface area contributed by atoms with Gasteiger partial charge in [-0.25, -0.2) is 0 Å². The Labute approximate surface area is 138 Å². The fourth-order valence-electron chi connectivity index (χ4n) is 3.61. The van der Waals surface area contributed by atoms with Gasteiger partial charge in [0.2, 0.25) is 0 Å². The molecule has 0 saturated carbocycles. The van der Waals surface area contributed by atoms with Gasteiger partial charge in [-0.1, -0.05) is 42.5 Å². The molecule has 1 saturated heterocycles. The Bertz CT molecular complexity index is 481. The summed E-state index contributed by atoms with van der Waals surface area (Å²) < 4.78 is 43.9. The molecular formula is C18H25F3OSi. The zero-order valence-electron chi connectivity index (χ0n) is 13.4. The number of hydrogen-bond acceptors (Lipinski definition) is 1. The summed E-state index contributed by atoms with van der Waals surface area (Å²) in [6.07, 6.45) is 0.803. The van der Waals surface area contributed by atoms with E-state index in [9.17, 15) is 13.2 Å². The van der Waals surface area contributed by atoms with Gasteiger partial charge in [-0.3, -0.25) is 0 Å². The minimum atomic E-state index is -4.07. The predicted molar refractivity (Wildman–Crippen MR) is 90.6 cm³/mol. The SMILES string of the molecule is C=CCC(c1ccccc1)C1([SiH2]CCC(F)(F)F)CCCCO1. The van der Waals surface area contributed by atoms with Crippen molar-refractivity contribution in [2.45, 2.75) is 55.5 Å². The Hall–Kier alpha value is -1.07. The first kappa shape index (κ1) is 18.3. The van der Waals surface area contributed by atoms with Crippen molar-refractivity contribution in [2.75, 3.05) is 6.61 Å². The van der Waals surface area contributed by atoms with E-state index in [1.807, 2.05) is 24.3 Å². The molecule has 1 fully saturated rings. The van der Waals surface area contributed by atoms with Crippen molar-refractivity contribution in [1.29, 1.82) is 0 Å². The standard InChI is InChI=1S/C18H25F3OSi/c1-2-8-16(15-9-4-3-5-10-15)17(11-6-7-13-22-17)23-14-12-18(19,20)21/h2-5,9-10,16H,1,6-8,11-14,23H2.